The molecule has 2 aliphatic rings. The highest BCUT2D eigenvalue weighted by Gasteiger charge is 2.50. The van der Waals surface area contributed by atoms with Crippen LogP contribution in [0.4, 0.5) is 0 Å². The highest BCUT2D eigenvalue weighted by Crippen LogP contribution is 2.47. The van der Waals surface area contributed by atoms with Gasteiger partial charge in [0.2, 0.25) is 11.8 Å². The van der Waals surface area contributed by atoms with Crippen LogP contribution in [0.2, 0.25) is 0 Å². The molecule has 30 heavy (non-hydrogen) atoms. The second kappa shape index (κ2) is 9.59. The first-order valence-electron chi connectivity index (χ1n) is 10.2. The van der Waals surface area contributed by atoms with E-state index in [1.54, 1.807) is 38.0 Å². The molecule has 8 heteroatoms. The lowest BCUT2D eigenvalue weighted by Crippen LogP contribution is -2.57. The molecule has 0 aromatic heterocycles. The molecule has 4 unspecified atom stereocenters. The summed E-state index contributed by atoms with van der Waals surface area (Å²) in [6.45, 7) is 4.10. The molecule has 1 aromatic rings. The van der Waals surface area contributed by atoms with Crippen LogP contribution in [0, 0.1) is 5.92 Å². The molecule has 1 aromatic carbocycles. The first-order chi connectivity index (χ1) is 14.4. The minimum absolute atomic E-state index is 0.113. The second-order valence-corrected chi connectivity index (χ2v) is 7.86. The van der Waals surface area contributed by atoms with Crippen LogP contribution in [0.3, 0.4) is 0 Å². The molecule has 0 saturated carbocycles. The summed E-state index contributed by atoms with van der Waals surface area (Å²) in [5, 5.41) is 23.0. The number of carbonyl (C=O) groups is 2. The van der Waals surface area contributed by atoms with Crippen LogP contribution in [-0.2, 0) is 14.3 Å². The third kappa shape index (κ3) is 4.21. The van der Waals surface area contributed by atoms with Crippen molar-refractivity contribution in [1.29, 1.82) is 0 Å². The summed E-state index contributed by atoms with van der Waals surface area (Å²) in [5.74, 6) is -0.610. The standard InChI is InChI=1S/C22H30N2O6/c1-13(2)22(28)24(9-11-29-3)16-12-15(21(27)23-8-10-25)18-14-6-4-5-7-17(14)30-20(18)19(16)26/h4-7,12-13,16,18-20,25-26H,8-11H2,1-3H3,(H,23,27). The number of ether oxygens (including phenoxy) is 2. The van der Waals surface area contributed by atoms with Crippen LogP contribution in [0.25, 0.3) is 0 Å². The summed E-state index contributed by atoms with van der Waals surface area (Å²) in [6.07, 6.45) is -0.0476. The Bertz CT molecular complexity index is 809. The predicted molar refractivity (Wildman–Crippen MR) is 110 cm³/mol. The molecule has 1 aliphatic heterocycles. The number of aliphatic hydroxyl groups is 2. The summed E-state index contributed by atoms with van der Waals surface area (Å²) in [6, 6.07) is 6.64. The van der Waals surface area contributed by atoms with Gasteiger partial charge in [0, 0.05) is 37.3 Å². The molecule has 164 valence electrons. The average molecular weight is 418 g/mol. The summed E-state index contributed by atoms with van der Waals surface area (Å²) in [7, 11) is 1.55. The van der Waals surface area contributed by atoms with Gasteiger partial charge >= 0.3 is 0 Å². The maximum atomic E-state index is 12.9. The van der Waals surface area contributed by atoms with Gasteiger partial charge in [-0.2, -0.15) is 0 Å². The Morgan fingerprint density at radius 1 is 1.30 bits per heavy atom. The largest absolute Gasteiger partial charge is 0.486 e. The van der Waals surface area contributed by atoms with Gasteiger partial charge in [-0.1, -0.05) is 32.0 Å². The Hall–Kier alpha value is -2.42. The molecular formula is C22H30N2O6. The Morgan fingerprint density at radius 3 is 2.70 bits per heavy atom. The van der Waals surface area contributed by atoms with Crippen LogP contribution in [0.5, 0.6) is 5.75 Å². The smallest absolute Gasteiger partial charge is 0.247 e. The summed E-state index contributed by atoms with van der Waals surface area (Å²) < 4.78 is 11.2. The lowest BCUT2D eigenvalue weighted by molar-refractivity contribution is -0.141. The van der Waals surface area contributed by atoms with Gasteiger partial charge in [0.1, 0.15) is 18.0 Å². The van der Waals surface area contributed by atoms with E-state index in [0.717, 1.165) is 5.56 Å². The number of nitrogens with one attached hydrogen (secondary N) is 1. The van der Waals surface area contributed by atoms with Crippen molar-refractivity contribution in [3.63, 3.8) is 0 Å². The van der Waals surface area contributed by atoms with Crippen LogP contribution in [-0.4, -0.2) is 78.6 Å². The van der Waals surface area contributed by atoms with Crippen molar-refractivity contribution in [2.75, 3.05) is 33.4 Å². The normalized spacial score (nSPS) is 24.5. The summed E-state index contributed by atoms with van der Waals surface area (Å²) in [5.41, 5.74) is 1.25. The lowest BCUT2D eigenvalue weighted by Gasteiger charge is -2.41. The molecule has 0 bridgehead atoms. The van der Waals surface area contributed by atoms with E-state index in [1.807, 2.05) is 18.2 Å². The van der Waals surface area contributed by atoms with Gasteiger partial charge in [0.15, 0.2) is 0 Å². The highest BCUT2D eigenvalue weighted by molar-refractivity contribution is 5.96. The van der Waals surface area contributed by atoms with Gasteiger partial charge < -0.3 is 29.9 Å². The van der Waals surface area contributed by atoms with Gasteiger partial charge in [-0.3, -0.25) is 9.59 Å². The third-order valence-electron chi connectivity index (χ3n) is 5.55. The fourth-order valence-corrected chi connectivity index (χ4v) is 4.12. The molecule has 0 saturated heterocycles. The third-order valence-corrected chi connectivity index (χ3v) is 5.55. The lowest BCUT2D eigenvalue weighted by atomic mass is 9.77. The fourth-order valence-electron chi connectivity index (χ4n) is 4.12. The first-order valence-corrected chi connectivity index (χ1v) is 10.2. The molecule has 0 spiro atoms. The summed E-state index contributed by atoms with van der Waals surface area (Å²) in [4.78, 5) is 27.4. The number of para-hydroxylation sites is 1. The number of nitrogens with zero attached hydrogens (tertiary/aromatic N) is 1. The highest BCUT2D eigenvalue weighted by atomic mass is 16.5. The maximum absolute atomic E-state index is 12.9. The van der Waals surface area contributed by atoms with Crippen molar-refractivity contribution in [3.05, 3.63) is 41.5 Å². The number of fused-ring (bicyclic) bond motifs is 3. The molecule has 3 rings (SSSR count). The molecule has 3 N–H and O–H groups in total. The van der Waals surface area contributed by atoms with Crippen molar-refractivity contribution in [2.45, 2.75) is 38.0 Å². The van der Waals surface area contributed by atoms with Gasteiger partial charge in [-0.25, -0.2) is 0 Å². The fraction of sp³-hybridized carbons (Fsp3) is 0.545. The topological polar surface area (TPSA) is 108 Å². The van der Waals surface area contributed by atoms with E-state index >= 15 is 0 Å². The van der Waals surface area contributed by atoms with Gasteiger partial charge in [0.25, 0.3) is 0 Å². The van der Waals surface area contributed by atoms with E-state index in [0.29, 0.717) is 17.9 Å². The van der Waals surface area contributed by atoms with E-state index in [4.69, 9.17) is 14.6 Å². The zero-order valence-electron chi connectivity index (χ0n) is 17.6. The molecule has 8 nitrogen and oxygen atoms in total. The number of methoxy groups -OCH3 is 1. The molecule has 1 heterocycles. The average Bonchev–Trinajstić information content (AvgIpc) is 3.13. The number of carbonyl (C=O) groups excluding carboxylic acids is 2. The monoisotopic (exact) mass is 418 g/mol. The Balaban J connectivity index is 2.03. The van der Waals surface area contributed by atoms with Crippen molar-refractivity contribution in [1.82, 2.24) is 10.2 Å². The summed E-state index contributed by atoms with van der Waals surface area (Å²) >= 11 is 0. The second-order valence-electron chi connectivity index (χ2n) is 7.86. The van der Waals surface area contributed by atoms with Crippen LogP contribution < -0.4 is 10.1 Å². The van der Waals surface area contributed by atoms with Crippen molar-refractivity contribution < 1.29 is 29.3 Å². The Labute approximate surface area is 176 Å². The number of rotatable bonds is 8. The van der Waals surface area contributed by atoms with Crippen LogP contribution in [0.1, 0.15) is 25.3 Å². The van der Waals surface area contributed by atoms with Gasteiger partial charge in [0.05, 0.1) is 25.2 Å². The number of amides is 2. The number of hydrogen-bond donors (Lipinski definition) is 3. The first kappa shape index (κ1) is 22.3. The van der Waals surface area contributed by atoms with Crippen molar-refractivity contribution >= 4 is 11.8 Å². The molecule has 4 atom stereocenters. The Morgan fingerprint density at radius 2 is 2.03 bits per heavy atom. The van der Waals surface area contributed by atoms with Crippen LogP contribution in [0.15, 0.2) is 35.9 Å². The van der Waals surface area contributed by atoms with E-state index in [2.05, 4.69) is 5.32 Å². The van der Waals surface area contributed by atoms with Crippen molar-refractivity contribution in [3.8, 4) is 5.75 Å². The number of hydrogen-bond acceptors (Lipinski definition) is 6. The van der Waals surface area contributed by atoms with E-state index in [9.17, 15) is 14.7 Å². The molecule has 0 fully saturated rings. The predicted octanol–water partition coefficient (Wildman–Crippen LogP) is 0.440. The van der Waals surface area contributed by atoms with Gasteiger partial charge in [-0.05, 0) is 12.1 Å². The molecule has 1 aliphatic carbocycles. The number of benzene rings is 1. The van der Waals surface area contributed by atoms with E-state index in [-0.39, 0.29) is 37.4 Å². The molecule has 2 amide bonds. The maximum Gasteiger partial charge on any atom is 0.247 e. The Kier molecular flexibility index (Phi) is 7.12. The minimum atomic E-state index is -1.02. The van der Waals surface area contributed by atoms with Crippen LogP contribution >= 0.6 is 0 Å². The van der Waals surface area contributed by atoms with Crippen molar-refractivity contribution in [2.24, 2.45) is 5.92 Å². The molecular weight excluding hydrogens is 388 g/mol. The zero-order chi connectivity index (χ0) is 21.8. The van der Waals surface area contributed by atoms with E-state index in [1.165, 1.54) is 0 Å². The number of aliphatic hydroxyl groups excluding tert-OH is 2. The zero-order valence-corrected chi connectivity index (χ0v) is 17.6. The van der Waals surface area contributed by atoms with Gasteiger partial charge in [-0.15, -0.1) is 0 Å². The SMILES string of the molecule is COCCN(C(=O)C(C)C)C1C=C(C(=O)NCCO)C2c3ccccc3OC2C1O. The quantitative estimate of drug-likeness (QED) is 0.565. The minimum Gasteiger partial charge on any atom is -0.486 e. The van der Waals surface area contributed by atoms with E-state index < -0.39 is 24.2 Å². The molecule has 0 radical (unpaired) electrons.